The largest absolute Gasteiger partial charge is 0.371 e. The van der Waals surface area contributed by atoms with Gasteiger partial charge < -0.3 is 15.2 Å². The second kappa shape index (κ2) is 7.04. The summed E-state index contributed by atoms with van der Waals surface area (Å²) in [6.07, 6.45) is 0.823. The van der Waals surface area contributed by atoms with Gasteiger partial charge in [-0.2, -0.15) is 0 Å². The summed E-state index contributed by atoms with van der Waals surface area (Å²) in [6, 6.07) is 7.03. The molecule has 3 rings (SSSR count). The van der Waals surface area contributed by atoms with E-state index < -0.39 is 23.1 Å². The van der Waals surface area contributed by atoms with Crippen LogP contribution in [0.25, 0.3) is 0 Å². The van der Waals surface area contributed by atoms with E-state index in [0.29, 0.717) is 31.0 Å². The van der Waals surface area contributed by atoms with Crippen molar-refractivity contribution in [2.24, 2.45) is 5.92 Å². The minimum Gasteiger partial charge on any atom is -0.371 e. The van der Waals surface area contributed by atoms with Gasteiger partial charge in [0, 0.05) is 37.1 Å². The number of anilines is 1. The van der Waals surface area contributed by atoms with Gasteiger partial charge in [0.1, 0.15) is 5.56 Å². The highest BCUT2D eigenvalue weighted by Gasteiger charge is 2.24. The van der Waals surface area contributed by atoms with Crippen LogP contribution < -0.4 is 15.8 Å². The number of hydrogen-bond acceptors (Lipinski definition) is 3. The zero-order chi connectivity index (χ0) is 18.0. The van der Waals surface area contributed by atoms with E-state index in [1.54, 1.807) is 19.1 Å². The summed E-state index contributed by atoms with van der Waals surface area (Å²) in [5.41, 5.74) is 0.996. The number of aromatic nitrogens is 1. The molecule has 1 aromatic carbocycles. The summed E-state index contributed by atoms with van der Waals surface area (Å²) in [6.45, 7) is 3.51. The van der Waals surface area contributed by atoms with Crippen molar-refractivity contribution < 1.29 is 13.6 Å². The maximum Gasteiger partial charge on any atom is 0.260 e. The Bertz CT molecular complexity index is 850. The molecule has 1 aliphatic heterocycles. The number of H-pyrrole nitrogens is 1. The number of rotatable bonds is 4. The van der Waals surface area contributed by atoms with E-state index in [2.05, 4.69) is 10.3 Å². The Kier molecular flexibility index (Phi) is 4.83. The fraction of sp³-hybridized carbons (Fsp3) is 0.333. The van der Waals surface area contributed by atoms with E-state index in [1.165, 1.54) is 12.1 Å². The highest BCUT2D eigenvalue weighted by molar-refractivity contribution is 5.93. The van der Waals surface area contributed by atoms with Crippen LogP contribution in [-0.4, -0.2) is 30.5 Å². The average Bonchev–Trinajstić information content (AvgIpc) is 3.04. The molecule has 0 bridgehead atoms. The van der Waals surface area contributed by atoms with Crippen LogP contribution in [0.15, 0.2) is 35.1 Å². The van der Waals surface area contributed by atoms with Gasteiger partial charge in [-0.1, -0.05) is 0 Å². The molecule has 0 aliphatic carbocycles. The Morgan fingerprint density at radius 3 is 2.80 bits per heavy atom. The molecular formula is C18H19F2N3O2. The second-order valence-electron chi connectivity index (χ2n) is 6.29. The van der Waals surface area contributed by atoms with Crippen LogP contribution in [0.2, 0.25) is 0 Å². The molecule has 2 aromatic rings. The molecule has 0 saturated carbocycles. The third kappa shape index (κ3) is 3.87. The first-order chi connectivity index (χ1) is 11.9. The molecular weight excluding hydrogens is 328 g/mol. The van der Waals surface area contributed by atoms with Crippen LogP contribution in [0.1, 0.15) is 22.5 Å². The quantitative estimate of drug-likeness (QED) is 0.891. The predicted molar refractivity (Wildman–Crippen MR) is 90.8 cm³/mol. The van der Waals surface area contributed by atoms with E-state index in [4.69, 9.17) is 0 Å². The lowest BCUT2D eigenvalue weighted by Crippen LogP contribution is -2.34. The fourth-order valence-electron chi connectivity index (χ4n) is 3.00. The van der Waals surface area contributed by atoms with Gasteiger partial charge in [-0.3, -0.25) is 9.59 Å². The summed E-state index contributed by atoms with van der Waals surface area (Å²) in [4.78, 5) is 28.5. The van der Waals surface area contributed by atoms with Gasteiger partial charge in [0.25, 0.3) is 11.5 Å². The van der Waals surface area contributed by atoms with Crippen molar-refractivity contribution in [2.75, 3.05) is 24.5 Å². The summed E-state index contributed by atoms with van der Waals surface area (Å²) in [5, 5.41) is 2.77. The van der Waals surface area contributed by atoms with Crippen LogP contribution in [-0.2, 0) is 0 Å². The summed E-state index contributed by atoms with van der Waals surface area (Å²) in [7, 11) is 0. The van der Waals surface area contributed by atoms with Crippen molar-refractivity contribution in [3.63, 3.8) is 0 Å². The fourth-order valence-corrected chi connectivity index (χ4v) is 3.00. The third-order valence-corrected chi connectivity index (χ3v) is 4.41. The lowest BCUT2D eigenvalue weighted by atomic mass is 10.1. The highest BCUT2D eigenvalue weighted by Crippen LogP contribution is 2.25. The molecule has 1 aromatic heterocycles. The Hall–Kier alpha value is -2.70. The average molecular weight is 347 g/mol. The maximum atomic E-state index is 13.3. The number of nitrogens with zero attached hydrogens (tertiary/aromatic N) is 1. The van der Waals surface area contributed by atoms with E-state index in [-0.39, 0.29) is 11.5 Å². The van der Waals surface area contributed by atoms with Gasteiger partial charge in [0.05, 0.1) is 0 Å². The molecule has 2 N–H and O–H groups in total. The van der Waals surface area contributed by atoms with Gasteiger partial charge >= 0.3 is 0 Å². The first kappa shape index (κ1) is 17.1. The van der Waals surface area contributed by atoms with Gasteiger partial charge in [0.15, 0.2) is 11.6 Å². The molecule has 132 valence electrons. The Morgan fingerprint density at radius 2 is 2.08 bits per heavy atom. The van der Waals surface area contributed by atoms with Gasteiger partial charge in [0.2, 0.25) is 0 Å². The Balaban J connectivity index is 1.57. The van der Waals surface area contributed by atoms with Crippen molar-refractivity contribution in [3.8, 4) is 0 Å². The van der Waals surface area contributed by atoms with Crippen molar-refractivity contribution in [1.82, 2.24) is 10.3 Å². The third-order valence-electron chi connectivity index (χ3n) is 4.41. The number of hydrogen-bond donors (Lipinski definition) is 2. The summed E-state index contributed by atoms with van der Waals surface area (Å²) < 4.78 is 26.4. The standard InChI is InChI=1S/C18H19F2N3O2/c1-11-2-4-14(18(25)22-11)17(24)21-9-12-6-7-23(10-12)13-3-5-15(19)16(20)8-13/h2-5,8,12H,6-7,9-10H2,1H3,(H,21,24)(H,22,25). The molecule has 1 unspecified atom stereocenters. The van der Waals surface area contributed by atoms with Crippen molar-refractivity contribution in [1.29, 1.82) is 0 Å². The first-order valence-corrected chi connectivity index (χ1v) is 8.12. The lowest BCUT2D eigenvalue weighted by molar-refractivity contribution is 0.0946. The molecule has 7 heteroatoms. The van der Waals surface area contributed by atoms with Crippen LogP contribution in [0, 0.1) is 24.5 Å². The number of nitrogens with one attached hydrogen (secondary N) is 2. The minimum atomic E-state index is -0.868. The summed E-state index contributed by atoms with van der Waals surface area (Å²) >= 11 is 0. The molecule has 1 atom stereocenters. The number of amides is 1. The second-order valence-corrected chi connectivity index (χ2v) is 6.29. The molecule has 1 aliphatic rings. The molecule has 0 spiro atoms. The van der Waals surface area contributed by atoms with Crippen LogP contribution in [0.3, 0.4) is 0 Å². The van der Waals surface area contributed by atoms with Gasteiger partial charge in [-0.05, 0) is 43.5 Å². The van der Waals surface area contributed by atoms with E-state index >= 15 is 0 Å². The maximum absolute atomic E-state index is 13.3. The van der Waals surface area contributed by atoms with Crippen molar-refractivity contribution in [2.45, 2.75) is 13.3 Å². The molecule has 1 fully saturated rings. The first-order valence-electron chi connectivity index (χ1n) is 8.12. The number of pyridine rings is 1. The topological polar surface area (TPSA) is 65.2 Å². The molecule has 2 heterocycles. The molecule has 0 radical (unpaired) electrons. The van der Waals surface area contributed by atoms with E-state index in [0.717, 1.165) is 12.5 Å². The Labute approximate surface area is 143 Å². The van der Waals surface area contributed by atoms with Crippen molar-refractivity contribution in [3.05, 3.63) is 63.6 Å². The number of benzene rings is 1. The zero-order valence-corrected chi connectivity index (χ0v) is 13.8. The molecule has 1 saturated heterocycles. The highest BCUT2D eigenvalue weighted by atomic mass is 19.2. The molecule has 25 heavy (non-hydrogen) atoms. The van der Waals surface area contributed by atoms with Gasteiger partial charge in [-0.25, -0.2) is 8.78 Å². The van der Waals surface area contributed by atoms with Crippen LogP contribution in [0.4, 0.5) is 14.5 Å². The van der Waals surface area contributed by atoms with E-state index in [1.807, 2.05) is 4.90 Å². The summed E-state index contributed by atoms with van der Waals surface area (Å²) in [5.74, 6) is -1.96. The lowest BCUT2D eigenvalue weighted by Gasteiger charge is -2.19. The molecule has 5 nitrogen and oxygen atoms in total. The van der Waals surface area contributed by atoms with E-state index in [9.17, 15) is 18.4 Å². The van der Waals surface area contributed by atoms with Crippen LogP contribution in [0.5, 0.6) is 0 Å². The number of carbonyl (C=O) groups excluding carboxylic acids is 1. The monoisotopic (exact) mass is 347 g/mol. The Morgan fingerprint density at radius 1 is 1.28 bits per heavy atom. The SMILES string of the molecule is Cc1ccc(C(=O)NCC2CCN(c3ccc(F)c(F)c3)C2)c(=O)[nH]1. The van der Waals surface area contributed by atoms with Gasteiger partial charge in [-0.15, -0.1) is 0 Å². The molecule has 1 amide bonds. The zero-order valence-electron chi connectivity index (χ0n) is 13.8. The normalized spacial score (nSPS) is 16.9. The number of carbonyl (C=O) groups is 1. The van der Waals surface area contributed by atoms with Crippen LogP contribution >= 0.6 is 0 Å². The number of halogens is 2. The predicted octanol–water partition coefficient (Wildman–Crippen LogP) is 2.22. The minimum absolute atomic E-state index is 0.0843. The smallest absolute Gasteiger partial charge is 0.260 e. The number of aromatic amines is 1. The van der Waals surface area contributed by atoms with Crippen molar-refractivity contribution >= 4 is 11.6 Å². The number of aryl methyl sites for hydroxylation is 1.